The van der Waals surface area contributed by atoms with Crippen LogP contribution in [0.25, 0.3) is 0 Å². The van der Waals surface area contributed by atoms with E-state index in [1.165, 1.54) is 44.1 Å². The van der Waals surface area contributed by atoms with Gasteiger partial charge in [0.05, 0.1) is 0 Å². The molecule has 1 nitrogen and oxygen atoms in total. The fourth-order valence-corrected chi connectivity index (χ4v) is 3.27. The first-order valence-electron chi connectivity index (χ1n) is 7.90. The van der Waals surface area contributed by atoms with Crippen molar-refractivity contribution < 1.29 is 4.79 Å². The third kappa shape index (κ3) is 4.33. The second kappa shape index (κ2) is 7.42. The molecule has 0 bridgehead atoms. The number of carbonyl (C=O) groups is 1. The number of Topliss-reactive ketones (excluding diaryl/α,β-unsaturated/α-hetero) is 1. The molecule has 108 valence electrons. The van der Waals surface area contributed by atoms with Crippen LogP contribution in [0, 0.1) is 11.8 Å². The fraction of sp³-hybridized carbons (Fsp3) is 0.526. The van der Waals surface area contributed by atoms with Gasteiger partial charge >= 0.3 is 0 Å². The molecule has 0 heterocycles. The molecule has 0 N–H and O–H groups in total. The summed E-state index contributed by atoms with van der Waals surface area (Å²) in [6.45, 7) is 5.47. The molecule has 1 aliphatic rings. The predicted octanol–water partition coefficient (Wildman–Crippen LogP) is 5.20. The van der Waals surface area contributed by atoms with Gasteiger partial charge in [0.2, 0.25) is 0 Å². The number of benzene rings is 1. The minimum absolute atomic E-state index is 0.150. The maximum atomic E-state index is 11.2. The molecule has 1 saturated carbocycles. The van der Waals surface area contributed by atoms with E-state index in [1.807, 2.05) is 12.1 Å². The molecule has 1 fully saturated rings. The Balaban J connectivity index is 1.75. The molecule has 1 aliphatic carbocycles. The lowest BCUT2D eigenvalue weighted by Gasteiger charge is -2.27. The summed E-state index contributed by atoms with van der Waals surface area (Å²) in [4.78, 5) is 11.2. The molecule has 0 unspecified atom stereocenters. The third-order valence-corrected chi connectivity index (χ3v) is 4.67. The molecule has 0 radical (unpaired) electrons. The van der Waals surface area contributed by atoms with Gasteiger partial charge < -0.3 is 0 Å². The number of aryl methyl sites for hydroxylation is 1. The maximum absolute atomic E-state index is 11.2. The quantitative estimate of drug-likeness (QED) is 0.512. The molecule has 0 atom stereocenters. The highest BCUT2D eigenvalue weighted by Gasteiger charge is 2.19. The van der Waals surface area contributed by atoms with Gasteiger partial charge in [0.1, 0.15) is 0 Å². The van der Waals surface area contributed by atoms with E-state index in [-0.39, 0.29) is 5.78 Å². The Kier molecular flexibility index (Phi) is 5.58. The highest BCUT2D eigenvalue weighted by Crippen LogP contribution is 2.33. The van der Waals surface area contributed by atoms with Crippen LogP contribution in [-0.2, 0) is 6.42 Å². The van der Waals surface area contributed by atoms with Crippen molar-refractivity contribution in [1.82, 2.24) is 0 Å². The molecular formula is C19H26O. The Hall–Kier alpha value is -1.37. The standard InChI is InChI=1S/C19H26O/c1-3-4-16-5-7-17(8-6-16)9-10-18-11-13-19(14-12-18)15(2)20/h3,11-14,16-17H,1,4-10H2,2H3. The van der Waals surface area contributed by atoms with Crippen LogP contribution in [-0.4, -0.2) is 5.78 Å². The summed E-state index contributed by atoms with van der Waals surface area (Å²) in [6.07, 6.45) is 11.2. The van der Waals surface area contributed by atoms with Crippen LogP contribution < -0.4 is 0 Å². The van der Waals surface area contributed by atoms with Crippen molar-refractivity contribution in [2.24, 2.45) is 11.8 Å². The Morgan fingerprint density at radius 3 is 2.30 bits per heavy atom. The summed E-state index contributed by atoms with van der Waals surface area (Å²) >= 11 is 0. The smallest absolute Gasteiger partial charge is 0.159 e. The van der Waals surface area contributed by atoms with E-state index >= 15 is 0 Å². The van der Waals surface area contributed by atoms with E-state index in [0.717, 1.165) is 23.8 Å². The lowest BCUT2D eigenvalue weighted by Crippen LogP contribution is -2.14. The first-order valence-corrected chi connectivity index (χ1v) is 7.90. The highest BCUT2D eigenvalue weighted by molar-refractivity contribution is 5.93. The third-order valence-electron chi connectivity index (χ3n) is 4.67. The van der Waals surface area contributed by atoms with E-state index < -0.39 is 0 Å². The van der Waals surface area contributed by atoms with Crippen LogP contribution in [0.4, 0.5) is 0 Å². The lowest BCUT2D eigenvalue weighted by molar-refractivity contribution is 0.101. The van der Waals surface area contributed by atoms with Gasteiger partial charge in [-0.3, -0.25) is 4.79 Å². The molecule has 2 rings (SSSR count). The minimum Gasteiger partial charge on any atom is -0.295 e. The lowest BCUT2D eigenvalue weighted by atomic mass is 9.78. The van der Waals surface area contributed by atoms with Crippen molar-refractivity contribution in [3.8, 4) is 0 Å². The fourth-order valence-electron chi connectivity index (χ4n) is 3.27. The number of hydrogen-bond donors (Lipinski definition) is 0. The van der Waals surface area contributed by atoms with Gasteiger partial charge in [-0.05, 0) is 56.4 Å². The SMILES string of the molecule is C=CCC1CCC(CCc2ccc(C(C)=O)cc2)CC1. The van der Waals surface area contributed by atoms with Crippen molar-refractivity contribution in [2.75, 3.05) is 0 Å². The monoisotopic (exact) mass is 270 g/mol. The van der Waals surface area contributed by atoms with Crippen LogP contribution in [0.3, 0.4) is 0 Å². The molecule has 0 aliphatic heterocycles. The Labute approximate surface area is 123 Å². The minimum atomic E-state index is 0.150. The van der Waals surface area contributed by atoms with E-state index in [0.29, 0.717) is 0 Å². The zero-order valence-electron chi connectivity index (χ0n) is 12.6. The number of carbonyl (C=O) groups excluding carboxylic acids is 1. The normalized spacial score (nSPS) is 22.4. The Bertz CT molecular complexity index is 435. The Morgan fingerprint density at radius 2 is 1.75 bits per heavy atom. The van der Waals surface area contributed by atoms with Gasteiger partial charge in [0.15, 0.2) is 5.78 Å². The van der Waals surface area contributed by atoms with Gasteiger partial charge in [-0.1, -0.05) is 43.2 Å². The molecule has 0 spiro atoms. The molecule has 0 amide bonds. The number of allylic oxidation sites excluding steroid dienone is 1. The molecular weight excluding hydrogens is 244 g/mol. The van der Waals surface area contributed by atoms with Crippen molar-refractivity contribution in [1.29, 1.82) is 0 Å². The summed E-state index contributed by atoms with van der Waals surface area (Å²) < 4.78 is 0. The van der Waals surface area contributed by atoms with Crippen molar-refractivity contribution in [3.63, 3.8) is 0 Å². The van der Waals surface area contributed by atoms with Crippen molar-refractivity contribution in [3.05, 3.63) is 48.0 Å². The van der Waals surface area contributed by atoms with E-state index in [9.17, 15) is 4.79 Å². The summed E-state index contributed by atoms with van der Waals surface area (Å²) in [6, 6.07) is 8.14. The van der Waals surface area contributed by atoms with Gasteiger partial charge in [-0.2, -0.15) is 0 Å². The molecule has 0 saturated heterocycles. The second-order valence-corrected chi connectivity index (χ2v) is 6.20. The number of ketones is 1. The van der Waals surface area contributed by atoms with Gasteiger partial charge in [0, 0.05) is 5.56 Å². The van der Waals surface area contributed by atoms with E-state index in [2.05, 4.69) is 24.8 Å². The van der Waals surface area contributed by atoms with Crippen molar-refractivity contribution in [2.45, 2.75) is 51.9 Å². The summed E-state index contributed by atoms with van der Waals surface area (Å²) in [5, 5.41) is 0. The van der Waals surface area contributed by atoms with Gasteiger partial charge in [-0.15, -0.1) is 6.58 Å². The van der Waals surface area contributed by atoms with Crippen LogP contribution in [0.2, 0.25) is 0 Å². The zero-order chi connectivity index (χ0) is 14.4. The summed E-state index contributed by atoms with van der Waals surface area (Å²) in [5.74, 6) is 1.93. The van der Waals surface area contributed by atoms with Crippen LogP contribution in [0.5, 0.6) is 0 Å². The number of rotatable bonds is 6. The average Bonchev–Trinajstić information content (AvgIpc) is 2.47. The van der Waals surface area contributed by atoms with Crippen molar-refractivity contribution >= 4 is 5.78 Å². The van der Waals surface area contributed by atoms with E-state index in [1.54, 1.807) is 6.92 Å². The zero-order valence-corrected chi connectivity index (χ0v) is 12.6. The summed E-state index contributed by atoms with van der Waals surface area (Å²) in [7, 11) is 0. The molecule has 0 aromatic heterocycles. The topological polar surface area (TPSA) is 17.1 Å². The first-order chi connectivity index (χ1) is 9.69. The van der Waals surface area contributed by atoms with Crippen LogP contribution in [0.15, 0.2) is 36.9 Å². The predicted molar refractivity (Wildman–Crippen MR) is 85.0 cm³/mol. The molecule has 1 aromatic rings. The summed E-state index contributed by atoms with van der Waals surface area (Å²) in [5.41, 5.74) is 2.18. The highest BCUT2D eigenvalue weighted by atomic mass is 16.1. The average molecular weight is 270 g/mol. The number of hydrogen-bond acceptors (Lipinski definition) is 1. The van der Waals surface area contributed by atoms with Gasteiger partial charge in [0.25, 0.3) is 0 Å². The second-order valence-electron chi connectivity index (χ2n) is 6.20. The van der Waals surface area contributed by atoms with E-state index in [4.69, 9.17) is 0 Å². The van der Waals surface area contributed by atoms with Crippen LogP contribution in [0.1, 0.15) is 61.4 Å². The molecule has 20 heavy (non-hydrogen) atoms. The Morgan fingerprint density at radius 1 is 1.15 bits per heavy atom. The van der Waals surface area contributed by atoms with Gasteiger partial charge in [-0.25, -0.2) is 0 Å². The largest absolute Gasteiger partial charge is 0.295 e. The first kappa shape index (κ1) is 15.0. The maximum Gasteiger partial charge on any atom is 0.159 e. The molecule has 1 aromatic carbocycles. The molecule has 1 heteroatoms. The van der Waals surface area contributed by atoms with Crippen LogP contribution >= 0.6 is 0 Å².